The minimum atomic E-state index is -0.410. The standard InChI is InChI=1S/C15H9BrN2O2/c16-14-13-4-2-1-3-11(13)9-17-15(14)10-5-7-12(8-6-10)18(19)20/h1-9H. The number of nitro groups is 1. The number of pyridine rings is 1. The maximum atomic E-state index is 10.7. The molecule has 0 unspecified atom stereocenters. The van der Waals surface area contributed by atoms with Crippen LogP contribution in [0.25, 0.3) is 22.0 Å². The Bertz CT molecular complexity index is 801. The Kier molecular flexibility index (Phi) is 3.20. The summed E-state index contributed by atoms with van der Waals surface area (Å²) in [4.78, 5) is 14.7. The molecule has 0 amide bonds. The van der Waals surface area contributed by atoms with Crippen molar-refractivity contribution in [2.75, 3.05) is 0 Å². The van der Waals surface area contributed by atoms with Gasteiger partial charge in [0.1, 0.15) is 0 Å². The molecule has 0 aliphatic carbocycles. The first-order valence-corrected chi connectivity index (χ1v) is 6.74. The van der Waals surface area contributed by atoms with Crippen molar-refractivity contribution in [1.29, 1.82) is 0 Å². The third-order valence-electron chi connectivity index (χ3n) is 3.09. The number of nitro benzene ring substituents is 1. The molecule has 0 aliphatic rings. The lowest BCUT2D eigenvalue weighted by Gasteiger charge is -2.07. The molecule has 0 aliphatic heterocycles. The molecule has 3 rings (SSSR count). The molecule has 0 bridgehead atoms. The van der Waals surface area contributed by atoms with Gasteiger partial charge < -0.3 is 0 Å². The smallest absolute Gasteiger partial charge is 0.258 e. The van der Waals surface area contributed by atoms with Gasteiger partial charge in [-0.05, 0) is 33.4 Å². The monoisotopic (exact) mass is 328 g/mol. The van der Waals surface area contributed by atoms with E-state index in [1.807, 2.05) is 24.3 Å². The van der Waals surface area contributed by atoms with Crippen LogP contribution in [0.1, 0.15) is 0 Å². The van der Waals surface area contributed by atoms with E-state index < -0.39 is 4.92 Å². The van der Waals surface area contributed by atoms with Crippen molar-refractivity contribution in [3.05, 3.63) is 69.3 Å². The third kappa shape index (κ3) is 2.16. The average molecular weight is 329 g/mol. The first-order chi connectivity index (χ1) is 9.66. The van der Waals surface area contributed by atoms with Gasteiger partial charge in [0.15, 0.2) is 0 Å². The van der Waals surface area contributed by atoms with Gasteiger partial charge >= 0.3 is 0 Å². The number of hydrogen-bond acceptors (Lipinski definition) is 3. The highest BCUT2D eigenvalue weighted by Crippen LogP contribution is 2.33. The van der Waals surface area contributed by atoms with Gasteiger partial charge in [0.25, 0.3) is 5.69 Å². The van der Waals surface area contributed by atoms with Crippen LogP contribution >= 0.6 is 15.9 Å². The van der Waals surface area contributed by atoms with Gasteiger partial charge in [-0.25, -0.2) is 0 Å². The van der Waals surface area contributed by atoms with Gasteiger partial charge in [0.2, 0.25) is 0 Å². The number of benzene rings is 2. The minimum absolute atomic E-state index is 0.0747. The SMILES string of the molecule is O=[N+]([O-])c1ccc(-c2ncc3ccccc3c2Br)cc1. The van der Waals surface area contributed by atoms with E-state index >= 15 is 0 Å². The lowest BCUT2D eigenvalue weighted by molar-refractivity contribution is -0.384. The maximum absolute atomic E-state index is 10.7. The summed E-state index contributed by atoms with van der Waals surface area (Å²) in [7, 11) is 0. The van der Waals surface area contributed by atoms with E-state index in [1.165, 1.54) is 12.1 Å². The molecule has 0 radical (unpaired) electrons. The van der Waals surface area contributed by atoms with Crippen LogP contribution in [-0.2, 0) is 0 Å². The highest BCUT2D eigenvalue weighted by Gasteiger charge is 2.10. The number of nitrogens with zero attached hydrogens (tertiary/aromatic N) is 2. The van der Waals surface area contributed by atoms with E-state index in [4.69, 9.17) is 0 Å². The summed E-state index contributed by atoms with van der Waals surface area (Å²) in [6.07, 6.45) is 1.80. The highest BCUT2D eigenvalue weighted by molar-refractivity contribution is 9.10. The topological polar surface area (TPSA) is 56.0 Å². The molecule has 0 saturated carbocycles. The number of non-ortho nitro benzene ring substituents is 1. The largest absolute Gasteiger partial charge is 0.269 e. The number of hydrogen-bond donors (Lipinski definition) is 0. The van der Waals surface area contributed by atoms with E-state index in [9.17, 15) is 10.1 Å². The van der Waals surface area contributed by atoms with Crippen LogP contribution in [0.2, 0.25) is 0 Å². The van der Waals surface area contributed by atoms with Crippen LogP contribution in [-0.4, -0.2) is 9.91 Å². The summed E-state index contributed by atoms with van der Waals surface area (Å²) < 4.78 is 0.893. The van der Waals surface area contributed by atoms with Gasteiger partial charge in [0.05, 0.1) is 15.1 Å². The molecule has 0 spiro atoms. The Balaban J connectivity index is 2.14. The van der Waals surface area contributed by atoms with Gasteiger partial charge in [-0.15, -0.1) is 0 Å². The Labute approximate surface area is 123 Å². The summed E-state index contributed by atoms with van der Waals surface area (Å²) in [6.45, 7) is 0. The first-order valence-electron chi connectivity index (χ1n) is 5.95. The van der Waals surface area contributed by atoms with E-state index in [-0.39, 0.29) is 5.69 Å². The van der Waals surface area contributed by atoms with Gasteiger partial charge in [0, 0.05) is 29.3 Å². The van der Waals surface area contributed by atoms with Crippen molar-refractivity contribution in [3.63, 3.8) is 0 Å². The predicted octanol–water partition coefficient (Wildman–Crippen LogP) is 4.57. The molecule has 3 aromatic rings. The Hall–Kier alpha value is -2.27. The van der Waals surface area contributed by atoms with Crippen LogP contribution in [0.15, 0.2) is 59.2 Å². The van der Waals surface area contributed by atoms with E-state index in [0.717, 1.165) is 26.5 Å². The fourth-order valence-electron chi connectivity index (χ4n) is 2.07. The summed E-state index contributed by atoms with van der Waals surface area (Å²) in [5.41, 5.74) is 1.69. The maximum Gasteiger partial charge on any atom is 0.269 e. The fraction of sp³-hybridized carbons (Fsp3) is 0. The zero-order chi connectivity index (χ0) is 14.1. The Morgan fingerprint density at radius 2 is 1.75 bits per heavy atom. The molecular weight excluding hydrogens is 320 g/mol. The van der Waals surface area contributed by atoms with Gasteiger partial charge in [-0.1, -0.05) is 24.3 Å². The second-order valence-electron chi connectivity index (χ2n) is 4.31. The minimum Gasteiger partial charge on any atom is -0.258 e. The van der Waals surface area contributed by atoms with Crippen molar-refractivity contribution in [2.24, 2.45) is 0 Å². The summed E-state index contributed by atoms with van der Waals surface area (Å²) >= 11 is 3.57. The second-order valence-corrected chi connectivity index (χ2v) is 5.11. The molecule has 0 fully saturated rings. The summed E-state index contributed by atoms with van der Waals surface area (Å²) in [6, 6.07) is 14.3. The number of fused-ring (bicyclic) bond motifs is 1. The summed E-state index contributed by atoms with van der Waals surface area (Å²) in [5, 5.41) is 12.8. The molecule has 1 heterocycles. The molecule has 98 valence electrons. The third-order valence-corrected chi connectivity index (χ3v) is 3.89. The summed E-state index contributed by atoms with van der Waals surface area (Å²) in [5.74, 6) is 0. The highest BCUT2D eigenvalue weighted by atomic mass is 79.9. The van der Waals surface area contributed by atoms with Crippen molar-refractivity contribution >= 4 is 32.4 Å². The lowest BCUT2D eigenvalue weighted by atomic mass is 10.1. The zero-order valence-electron chi connectivity index (χ0n) is 10.3. The van der Waals surface area contributed by atoms with Crippen molar-refractivity contribution in [3.8, 4) is 11.3 Å². The van der Waals surface area contributed by atoms with Crippen molar-refractivity contribution in [1.82, 2.24) is 4.98 Å². The van der Waals surface area contributed by atoms with E-state index in [0.29, 0.717) is 0 Å². The van der Waals surface area contributed by atoms with Crippen LogP contribution in [0, 0.1) is 10.1 Å². The van der Waals surface area contributed by atoms with Crippen LogP contribution in [0.4, 0.5) is 5.69 Å². The Morgan fingerprint density at radius 1 is 1.05 bits per heavy atom. The van der Waals surface area contributed by atoms with Crippen molar-refractivity contribution < 1.29 is 4.92 Å². The van der Waals surface area contributed by atoms with E-state index in [2.05, 4.69) is 20.9 Å². The van der Waals surface area contributed by atoms with Gasteiger partial charge in [-0.3, -0.25) is 15.1 Å². The first kappa shape index (κ1) is 12.7. The average Bonchev–Trinajstić information content (AvgIpc) is 2.48. The zero-order valence-corrected chi connectivity index (χ0v) is 11.9. The number of aromatic nitrogens is 1. The quantitative estimate of drug-likeness (QED) is 0.511. The normalized spacial score (nSPS) is 10.7. The molecule has 0 saturated heterocycles. The molecule has 1 aromatic heterocycles. The molecule has 4 nitrogen and oxygen atoms in total. The molecular formula is C15H9BrN2O2. The van der Waals surface area contributed by atoms with Crippen LogP contribution in [0.3, 0.4) is 0 Å². The molecule has 0 atom stereocenters. The molecule has 20 heavy (non-hydrogen) atoms. The fourth-order valence-corrected chi connectivity index (χ4v) is 2.76. The van der Waals surface area contributed by atoms with Gasteiger partial charge in [-0.2, -0.15) is 0 Å². The lowest BCUT2D eigenvalue weighted by Crippen LogP contribution is -1.90. The second kappa shape index (κ2) is 5.02. The van der Waals surface area contributed by atoms with E-state index in [1.54, 1.807) is 18.3 Å². The number of halogens is 1. The van der Waals surface area contributed by atoms with Crippen LogP contribution < -0.4 is 0 Å². The molecule has 2 aromatic carbocycles. The number of rotatable bonds is 2. The molecule has 5 heteroatoms. The predicted molar refractivity (Wildman–Crippen MR) is 81.5 cm³/mol. The van der Waals surface area contributed by atoms with Crippen molar-refractivity contribution in [2.45, 2.75) is 0 Å². The van der Waals surface area contributed by atoms with Crippen LogP contribution in [0.5, 0.6) is 0 Å². The molecule has 0 N–H and O–H groups in total. The Morgan fingerprint density at radius 3 is 2.45 bits per heavy atom.